The lowest BCUT2D eigenvalue weighted by Gasteiger charge is -2.29. The van der Waals surface area contributed by atoms with Crippen molar-refractivity contribution in [1.29, 1.82) is 0 Å². The van der Waals surface area contributed by atoms with Crippen LogP contribution in [0.5, 0.6) is 0 Å². The molecule has 3 amide bonds. The van der Waals surface area contributed by atoms with Crippen molar-refractivity contribution in [3.05, 3.63) is 23.9 Å². The van der Waals surface area contributed by atoms with Crippen LogP contribution in [0, 0.1) is 0 Å². The summed E-state index contributed by atoms with van der Waals surface area (Å²) in [6.45, 7) is 0.0247. The summed E-state index contributed by atoms with van der Waals surface area (Å²) in [5, 5.41) is 4.17. The van der Waals surface area contributed by atoms with Gasteiger partial charge in [0.2, 0.25) is 5.91 Å². The fraction of sp³-hybridized carbons (Fsp3) is 0.632. The van der Waals surface area contributed by atoms with E-state index in [-0.39, 0.29) is 12.4 Å². The number of methoxy groups -OCH3 is 1. The summed E-state index contributed by atoms with van der Waals surface area (Å²) in [7, 11) is 1.30. The molecular formula is C19H25F6N5O4. The molecule has 15 heteroatoms. The number of amides is 3. The zero-order valence-corrected chi connectivity index (χ0v) is 18.5. The lowest BCUT2D eigenvalue weighted by molar-refractivity contribution is -0.264. The molecule has 0 radical (unpaired) electrons. The SMILES string of the molecule is COC[C@H](c1ccnc(NC(=O)[C@@H](N)COC(C)(C)C(F)(F)F)c1)N1C[C@@H](C(F)(F)F)NC1=O. The molecule has 0 spiro atoms. The molecule has 1 aromatic heterocycles. The summed E-state index contributed by atoms with van der Waals surface area (Å²) in [6, 6.07) is -2.71. The minimum Gasteiger partial charge on any atom is -0.382 e. The molecule has 1 aliphatic heterocycles. The smallest absolute Gasteiger partial charge is 0.382 e. The summed E-state index contributed by atoms with van der Waals surface area (Å²) < 4.78 is 87.5. The van der Waals surface area contributed by atoms with Crippen LogP contribution in [0.2, 0.25) is 0 Å². The fourth-order valence-electron chi connectivity index (χ4n) is 2.93. The second-order valence-corrected chi connectivity index (χ2v) is 8.06. The number of aromatic nitrogens is 1. The number of rotatable bonds is 9. The molecule has 0 aromatic carbocycles. The molecule has 0 saturated carbocycles. The number of urea groups is 1. The monoisotopic (exact) mass is 501 g/mol. The number of halogens is 6. The van der Waals surface area contributed by atoms with Crippen LogP contribution in [0.3, 0.4) is 0 Å². The van der Waals surface area contributed by atoms with E-state index in [0.717, 1.165) is 18.7 Å². The van der Waals surface area contributed by atoms with Gasteiger partial charge in [-0.05, 0) is 31.5 Å². The van der Waals surface area contributed by atoms with E-state index in [4.69, 9.17) is 15.2 Å². The van der Waals surface area contributed by atoms with Gasteiger partial charge in [-0.15, -0.1) is 0 Å². The zero-order valence-electron chi connectivity index (χ0n) is 18.5. The predicted molar refractivity (Wildman–Crippen MR) is 107 cm³/mol. The minimum absolute atomic E-state index is 0.0823. The molecule has 2 heterocycles. The van der Waals surface area contributed by atoms with Gasteiger partial charge in [0.05, 0.1) is 25.8 Å². The van der Waals surface area contributed by atoms with Crippen molar-refractivity contribution in [2.45, 2.75) is 49.9 Å². The third kappa shape index (κ3) is 6.70. The van der Waals surface area contributed by atoms with Gasteiger partial charge >= 0.3 is 18.4 Å². The first-order valence-corrected chi connectivity index (χ1v) is 9.92. The third-order valence-electron chi connectivity index (χ3n) is 5.10. The quantitative estimate of drug-likeness (QED) is 0.447. The van der Waals surface area contributed by atoms with E-state index >= 15 is 0 Å². The number of alkyl halides is 6. The number of anilines is 1. The van der Waals surface area contributed by atoms with Crippen LogP contribution < -0.4 is 16.4 Å². The summed E-state index contributed by atoms with van der Waals surface area (Å²) in [4.78, 5) is 29.3. The van der Waals surface area contributed by atoms with E-state index in [1.54, 1.807) is 0 Å². The number of carbonyl (C=O) groups excluding carboxylic acids is 2. The summed E-state index contributed by atoms with van der Waals surface area (Å²) in [5.74, 6) is -0.983. The number of nitrogens with two attached hydrogens (primary N) is 1. The second-order valence-electron chi connectivity index (χ2n) is 8.06. The molecule has 1 fully saturated rings. The molecule has 0 unspecified atom stereocenters. The van der Waals surface area contributed by atoms with Crippen molar-refractivity contribution < 1.29 is 45.4 Å². The summed E-state index contributed by atoms with van der Waals surface area (Å²) in [5.41, 5.74) is 3.39. The van der Waals surface area contributed by atoms with Gasteiger partial charge in [-0.25, -0.2) is 9.78 Å². The molecule has 34 heavy (non-hydrogen) atoms. The van der Waals surface area contributed by atoms with Crippen molar-refractivity contribution in [1.82, 2.24) is 15.2 Å². The van der Waals surface area contributed by atoms with E-state index in [1.807, 2.05) is 5.32 Å². The lowest BCUT2D eigenvalue weighted by Crippen LogP contribution is -2.47. The van der Waals surface area contributed by atoms with Crippen molar-refractivity contribution in [3.8, 4) is 0 Å². The molecule has 1 aromatic rings. The lowest BCUT2D eigenvalue weighted by atomic mass is 10.1. The van der Waals surface area contributed by atoms with Gasteiger partial charge in [-0.1, -0.05) is 0 Å². The topological polar surface area (TPSA) is 119 Å². The van der Waals surface area contributed by atoms with Gasteiger partial charge in [0.25, 0.3) is 0 Å². The van der Waals surface area contributed by atoms with E-state index in [0.29, 0.717) is 5.56 Å². The van der Waals surface area contributed by atoms with Crippen LogP contribution in [0.15, 0.2) is 18.3 Å². The number of nitrogens with one attached hydrogen (secondary N) is 2. The minimum atomic E-state index is -4.68. The maximum Gasteiger partial charge on any atom is 0.416 e. The van der Waals surface area contributed by atoms with Crippen LogP contribution in [-0.2, 0) is 14.3 Å². The molecule has 3 atom stereocenters. The van der Waals surface area contributed by atoms with E-state index in [9.17, 15) is 35.9 Å². The largest absolute Gasteiger partial charge is 0.416 e. The van der Waals surface area contributed by atoms with E-state index < -0.39 is 61.2 Å². The Hall–Kier alpha value is -2.65. The predicted octanol–water partition coefficient (Wildman–Crippen LogP) is 2.35. The van der Waals surface area contributed by atoms with Crippen LogP contribution in [0.4, 0.5) is 37.0 Å². The van der Waals surface area contributed by atoms with Crippen molar-refractivity contribution in [3.63, 3.8) is 0 Å². The zero-order chi connectivity index (χ0) is 25.9. The van der Waals surface area contributed by atoms with Crippen LogP contribution in [-0.4, -0.2) is 78.7 Å². The Balaban J connectivity index is 2.11. The van der Waals surface area contributed by atoms with Crippen molar-refractivity contribution in [2.24, 2.45) is 5.73 Å². The highest BCUT2D eigenvalue weighted by Crippen LogP contribution is 2.33. The number of ether oxygens (including phenoxy) is 2. The van der Waals surface area contributed by atoms with Gasteiger partial charge in [-0.3, -0.25) is 4.79 Å². The third-order valence-corrected chi connectivity index (χ3v) is 5.10. The highest BCUT2D eigenvalue weighted by Gasteiger charge is 2.49. The molecule has 192 valence electrons. The first kappa shape index (κ1) is 27.6. The molecule has 0 aliphatic carbocycles. The van der Waals surface area contributed by atoms with Crippen molar-refractivity contribution >= 4 is 17.8 Å². The normalized spacial score (nSPS) is 19.1. The summed E-state index contributed by atoms with van der Waals surface area (Å²) >= 11 is 0. The summed E-state index contributed by atoms with van der Waals surface area (Å²) in [6.07, 6.45) is -8.08. The van der Waals surface area contributed by atoms with Gasteiger partial charge in [0, 0.05) is 13.3 Å². The van der Waals surface area contributed by atoms with Crippen LogP contribution in [0.1, 0.15) is 25.5 Å². The van der Waals surface area contributed by atoms with Crippen molar-refractivity contribution in [2.75, 3.05) is 32.2 Å². The standard InChI is InChI=1S/C19H25F6N5O4/c1-17(2,19(23,24)25)34-8-11(26)15(31)29-14-6-10(4-5-27-14)12(9-33-3)30-7-13(18(20,21)22)28-16(30)32/h4-6,11-13H,7-9,26H2,1-3H3,(H,28,32)(H,27,29,31)/t11-,12+,13-/m0/s1. The highest BCUT2D eigenvalue weighted by atomic mass is 19.4. The number of pyridine rings is 1. The molecule has 1 saturated heterocycles. The Labute approximate surface area is 190 Å². The Kier molecular flexibility index (Phi) is 8.37. The molecule has 4 N–H and O–H groups in total. The first-order valence-electron chi connectivity index (χ1n) is 9.92. The maximum atomic E-state index is 13.0. The Morgan fingerprint density at radius 2 is 1.94 bits per heavy atom. The molecule has 2 rings (SSSR count). The molecule has 1 aliphatic rings. The van der Waals surface area contributed by atoms with Gasteiger partial charge in [0.15, 0.2) is 5.60 Å². The average Bonchev–Trinajstić information content (AvgIpc) is 3.11. The Morgan fingerprint density at radius 3 is 2.47 bits per heavy atom. The van der Waals surface area contributed by atoms with E-state index in [1.165, 1.54) is 25.4 Å². The van der Waals surface area contributed by atoms with Gasteiger partial charge in [-0.2, -0.15) is 26.3 Å². The van der Waals surface area contributed by atoms with Gasteiger partial charge < -0.3 is 30.7 Å². The Bertz CT molecular complexity index is 879. The molecular weight excluding hydrogens is 476 g/mol. The second kappa shape index (κ2) is 10.3. The van der Waals surface area contributed by atoms with E-state index in [2.05, 4.69) is 10.3 Å². The molecule has 0 bridgehead atoms. The van der Waals surface area contributed by atoms with Crippen LogP contribution >= 0.6 is 0 Å². The maximum absolute atomic E-state index is 13.0. The highest BCUT2D eigenvalue weighted by molar-refractivity contribution is 5.94. The number of hydrogen-bond acceptors (Lipinski definition) is 6. The number of nitrogens with zero attached hydrogens (tertiary/aromatic N) is 2. The fourth-order valence-corrected chi connectivity index (χ4v) is 2.93. The number of hydrogen-bond donors (Lipinski definition) is 3. The van der Waals surface area contributed by atoms with Crippen LogP contribution in [0.25, 0.3) is 0 Å². The Morgan fingerprint density at radius 1 is 1.29 bits per heavy atom. The first-order chi connectivity index (χ1) is 15.6. The number of carbonyl (C=O) groups is 2. The van der Waals surface area contributed by atoms with Gasteiger partial charge in [0.1, 0.15) is 17.9 Å². The molecule has 9 nitrogen and oxygen atoms in total. The average molecular weight is 501 g/mol.